The average molecular weight is 200 g/mol. The zero-order valence-electron chi connectivity index (χ0n) is 9.88. The molecule has 14 heavy (non-hydrogen) atoms. The summed E-state index contributed by atoms with van der Waals surface area (Å²) in [6.07, 6.45) is 1.17. The maximum Gasteiger partial charge on any atom is 0.0597 e. The van der Waals surface area contributed by atoms with Crippen LogP contribution < -0.4 is 5.32 Å². The number of aliphatic hydroxyl groups excluding tert-OH is 1. The molecule has 0 saturated carbocycles. The molecule has 0 radical (unpaired) electrons. The Morgan fingerprint density at radius 2 is 2.21 bits per heavy atom. The molecule has 1 fully saturated rings. The summed E-state index contributed by atoms with van der Waals surface area (Å²) in [4.78, 5) is 2.47. The van der Waals surface area contributed by atoms with Gasteiger partial charge in [-0.05, 0) is 27.2 Å². The van der Waals surface area contributed by atoms with Crippen molar-refractivity contribution in [3.63, 3.8) is 0 Å². The molecule has 84 valence electrons. The molecule has 2 unspecified atom stereocenters. The Labute approximate surface area is 87.5 Å². The van der Waals surface area contributed by atoms with Crippen LogP contribution in [0.25, 0.3) is 0 Å². The maximum atomic E-state index is 9.21. The highest BCUT2D eigenvalue weighted by molar-refractivity contribution is 4.93. The van der Waals surface area contributed by atoms with Gasteiger partial charge in [-0.3, -0.25) is 4.90 Å². The van der Waals surface area contributed by atoms with Crippen LogP contribution in [0.5, 0.6) is 0 Å². The molecule has 2 N–H and O–H groups in total. The van der Waals surface area contributed by atoms with Crippen molar-refractivity contribution in [2.45, 2.75) is 51.7 Å². The van der Waals surface area contributed by atoms with Crippen LogP contribution in [0.4, 0.5) is 0 Å². The molecule has 0 amide bonds. The number of hydrogen-bond donors (Lipinski definition) is 2. The van der Waals surface area contributed by atoms with E-state index >= 15 is 0 Å². The molecule has 0 bridgehead atoms. The van der Waals surface area contributed by atoms with Gasteiger partial charge in [0.25, 0.3) is 0 Å². The van der Waals surface area contributed by atoms with Crippen LogP contribution in [-0.2, 0) is 0 Å². The molecule has 0 spiro atoms. The first-order valence-electron chi connectivity index (χ1n) is 5.61. The van der Waals surface area contributed by atoms with Crippen molar-refractivity contribution in [3.8, 4) is 0 Å². The van der Waals surface area contributed by atoms with Crippen molar-refractivity contribution in [2.75, 3.05) is 19.7 Å². The molecule has 0 aromatic heterocycles. The van der Waals surface area contributed by atoms with E-state index in [1.165, 1.54) is 6.42 Å². The molecule has 1 rings (SSSR count). The molecule has 1 aliphatic heterocycles. The number of aliphatic hydroxyl groups is 1. The predicted molar refractivity (Wildman–Crippen MR) is 59.4 cm³/mol. The van der Waals surface area contributed by atoms with Crippen LogP contribution in [0.2, 0.25) is 0 Å². The summed E-state index contributed by atoms with van der Waals surface area (Å²) >= 11 is 0. The average Bonchev–Trinajstić information content (AvgIpc) is 2.14. The molecule has 2 atom stereocenters. The van der Waals surface area contributed by atoms with Crippen molar-refractivity contribution < 1.29 is 5.11 Å². The number of rotatable bonds is 3. The minimum absolute atomic E-state index is 0.120. The van der Waals surface area contributed by atoms with E-state index in [1.807, 2.05) is 0 Å². The van der Waals surface area contributed by atoms with Gasteiger partial charge < -0.3 is 10.4 Å². The monoisotopic (exact) mass is 200 g/mol. The van der Waals surface area contributed by atoms with E-state index in [-0.39, 0.29) is 18.2 Å². The predicted octanol–water partition coefficient (Wildman–Crippen LogP) is 0.830. The normalized spacial score (nSPS) is 30.2. The van der Waals surface area contributed by atoms with Gasteiger partial charge in [0, 0.05) is 30.7 Å². The summed E-state index contributed by atoms with van der Waals surface area (Å²) in [6.45, 7) is 11.1. The lowest BCUT2D eigenvalue weighted by Crippen LogP contribution is -2.64. The molecule has 0 aliphatic carbocycles. The molecular weight excluding hydrogens is 176 g/mol. The summed E-state index contributed by atoms with van der Waals surface area (Å²) in [6, 6.07) is 0.846. The molecule has 1 heterocycles. The molecule has 0 aromatic carbocycles. The Balaban J connectivity index is 2.60. The van der Waals surface area contributed by atoms with Crippen molar-refractivity contribution in [1.82, 2.24) is 10.2 Å². The highest BCUT2D eigenvalue weighted by Crippen LogP contribution is 2.17. The lowest BCUT2D eigenvalue weighted by molar-refractivity contribution is 0.0604. The van der Waals surface area contributed by atoms with Crippen LogP contribution in [0, 0.1) is 0 Å². The van der Waals surface area contributed by atoms with Gasteiger partial charge >= 0.3 is 0 Å². The van der Waals surface area contributed by atoms with Gasteiger partial charge in [-0.15, -0.1) is 0 Å². The summed E-state index contributed by atoms with van der Waals surface area (Å²) in [5.74, 6) is 0. The van der Waals surface area contributed by atoms with Gasteiger partial charge in [-0.1, -0.05) is 6.92 Å². The Bertz CT molecular complexity index is 182. The van der Waals surface area contributed by atoms with Crippen LogP contribution in [0.3, 0.4) is 0 Å². The second-order valence-corrected chi connectivity index (χ2v) is 5.09. The number of piperazine rings is 1. The van der Waals surface area contributed by atoms with Gasteiger partial charge in [0.15, 0.2) is 0 Å². The molecule has 3 heteroatoms. The first-order valence-corrected chi connectivity index (χ1v) is 5.61. The highest BCUT2D eigenvalue weighted by Gasteiger charge is 2.32. The van der Waals surface area contributed by atoms with Crippen LogP contribution in [-0.4, -0.2) is 47.3 Å². The topological polar surface area (TPSA) is 35.5 Å². The highest BCUT2D eigenvalue weighted by atomic mass is 16.3. The molecule has 1 saturated heterocycles. The Morgan fingerprint density at radius 1 is 1.57 bits per heavy atom. The zero-order chi connectivity index (χ0) is 10.8. The fourth-order valence-electron chi connectivity index (χ4n) is 2.20. The van der Waals surface area contributed by atoms with Crippen LogP contribution >= 0.6 is 0 Å². The Kier molecular flexibility index (Phi) is 3.93. The zero-order valence-corrected chi connectivity index (χ0v) is 9.88. The quantitative estimate of drug-likeness (QED) is 0.708. The maximum absolute atomic E-state index is 9.21. The minimum atomic E-state index is 0.120. The summed E-state index contributed by atoms with van der Waals surface area (Å²) in [7, 11) is 0. The SMILES string of the molecule is CCC(C)N1CC(CO)NC(C)(C)C1. The lowest BCUT2D eigenvalue weighted by atomic mass is 9.97. The first-order chi connectivity index (χ1) is 6.48. The third-order valence-corrected chi connectivity index (χ3v) is 3.08. The van der Waals surface area contributed by atoms with Crippen molar-refractivity contribution >= 4 is 0 Å². The van der Waals surface area contributed by atoms with E-state index in [0.717, 1.165) is 13.1 Å². The second-order valence-electron chi connectivity index (χ2n) is 5.09. The number of nitrogens with one attached hydrogen (secondary N) is 1. The van der Waals surface area contributed by atoms with E-state index < -0.39 is 0 Å². The summed E-state index contributed by atoms with van der Waals surface area (Å²) < 4.78 is 0. The lowest BCUT2D eigenvalue weighted by Gasteiger charge is -2.45. The third kappa shape index (κ3) is 2.94. The molecule has 1 aliphatic rings. The van der Waals surface area contributed by atoms with Gasteiger partial charge in [0.05, 0.1) is 6.61 Å². The van der Waals surface area contributed by atoms with E-state index in [0.29, 0.717) is 6.04 Å². The summed E-state index contributed by atoms with van der Waals surface area (Å²) in [5, 5.41) is 12.7. The Morgan fingerprint density at radius 3 is 2.71 bits per heavy atom. The number of hydrogen-bond acceptors (Lipinski definition) is 3. The molecule has 0 aromatic rings. The fourth-order valence-corrected chi connectivity index (χ4v) is 2.20. The van der Waals surface area contributed by atoms with Gasteiger partial charge in [0.1, 0.15) is 0 Å². The first kappa shape index (κ1) is 12.0. The molecular formula is C11H24N2O. The van der Waals surface area contributed by atoms with Crippen molar-refractivity contribution in [1.29, 1.82) is 0 Å². The third-order valence-electron chi connectivity index (χ3n) is 3.08. The Hall–Kier alpha value is -0.120. The van der Waals surface area contributed by atoms with E-state index in [2.05, 4.69) is 37.9 Å². The standard InChI is InChI=1S/C11H24N2O/c1-5-9(2)13-6-10(7-14)12-11(3,4)8-13/h9-10,12,14H,5-8H2,1-4H3. The fraction of sp³-hybridized carbons (Fsp3) is 1.00. The van der Waals surface area contributed by atoms with Gasteiger partial charge in [-0.25, -0.2) is 0 Å². The van der Waals surface area contributed by atoms with Crippen LogP contribution in [0.15, 0.2) is 0 Å². The van der Waals surface area contributed by atoms with E-state index in [1.54, 1.807) is 0 Å². The summed E-state index contributed by atoms with van der Waals surface area (Å²) in [5.41, 5.74) is 0.120. The second kappa shape index (κ2) is 4.60. The van der Waals surface area contributed by atoms with Crippen molar-refractivity contribution in [3.05, 3.63) is 0 Å². The van der Waals surface area contributed by atoms with E-state index in [4.69, 9.17) is 0 Å². The largest absolute Gasteiger partial charge is 0.395 e. The molecule has 3 nitrogen and oxygen atoms in total. The van der Waals surface area contributed by atoms with Gasteiger partial charge in [0.2, 0.25) is 0 Å². The van der Waals surface area contributed by atoms with E-state index in [9.17, 15) is 5.11 Å². The van der Waals surface area contributed by atoms with Crippen molar-refractivity contribution in [2.24, 2.45) is 0 Å². The minimum Gasteiger partial charge on any atom is -0.395 e. The number of nitrogens with zero attached hydrogens (tertiary/aromatic N) is 1. The van der Waals surface area contributed by atoms with Crippen LogP contribution in [0.1, 0.15) is 34.1 Å². The van der Waals surface area contributed by atoms with Gasteiger partial charge in [-0.2, -0.15) is 0 Å². The smallest absolute Gasteiger partial charge is 0.0597 e.